The van der Waals surface area contributed by atoms with Crippen LogP contribution in [0.25, 0.3) is 0 Å². The maximum Gasteiger partial charge on any atom is 0.220 e. The molecule has 188 valence electrons. The summed E-state index contributed by atoms with van der Waals surface area (Å²) in [5.41, 5.74) is 6.60. The maximum atomic E-state index is 11.3. The van der Waals surface area contributed by atoms with Crippen LogP contribution in [-0.4, -0.2) is 69.8 Å². The number of nitrogens with zero attached hydrogens (tertiary/aromatic N) is 2. The van der Waals surface area contributed by atoms with Crippen molar-refractivity contribution in [3.8, 4) is 11.5 Å². The first-order valence-electron chi connectivity index (χ1n) is 11.9. The van der Waals surface area contributed by atoms with Gasteiger partial charge in [0.2, 0.25) is 5.91 Å². The topological polar surface area (TPSA) is 101 Å². The summed E-state index contributed by atoms with van der Waals surface area (Å²) in [6.07, 6.45) is 4.86. The van der Waals surface area contributed by atoms with Crippen molar-refractivity contribution in [2.24, 2.45) is 16.6 Å². The standard InChI is InChI=1S/C24H41N5O3.HI/c1-4-31-21-9-8-19(18-22(21)32-5-2)10-14-28-24(26-3)27-13-6-7-15-29-16-11-20(12-17-29)23(25)30;/h8-9,18,20H,4-7,10-17H2,1-3H3,(H2,25,30)(H2,26,27,28);1H. The van der Waals surface area contributed by atoms with Crippen LogP contribution in [0.15, 0.2) is 23.2 Å². The highest BCUT2D eigenvalue weighted by atomic mass is 127. The lowest BCUT2D eigenvalue weighted by Gasteiger charge is -2.30. The lowest BCUT2D eigenvalue weighted by Crippen LogP contribution is -2.40. The van der Waals surface area contributed by atoms with E-state index in [0.717, 1.165) is 82.3 Å². The average Bonchev–Trinajstić information content (AvgIpc) is 2.80. The normalized spacial score (nSPS) is 14.9. The molecular formula is C24H42IN5O3. The number of carbonyl (C=O) groups excluding carboxylic acids is 1. The number of nitrogens with two attached hydrogens (primary N) is 1. The summed E-state index contributed by atoms with van der Waals surface area (Å²) in [4.78, 5) is 18.0. The number of halogens is 1. The summed E-state index contributed by atoms with van der Waals surface area (Å²) in [5.74, 6) is 2.33. The zero-order valence-corrected chi connectivity index (χ0v) is 22.7. The number of primary amides is 1. The predicted octanol–water partition coefficient (Wildman–Crippen LogP) is 2.79. The first-order chi connectivity index (χ1) is 15.6. The van der Waals surface area contributed by atoms with Gasteiger partial charge in [-0.2, -0.15) is 0 Å². The molecule has 2 rings (SSSR count). The van der Waals surface area contributed by atoms with E-state index in [1.165, 1.54) is 5.56 Å². The summed E-state index contributed by atoms with van der Waals surface area (Å²) < 4.78 is 11.3. The van der Waals surface area contributed by atoms with Crippen LogP contribution in [0.4, 0.5) is 0 Å². The van der Waals surface area contributed by atoms with Crippen molar-refractivity contribution in [1.82, 2.24) is 15.5 Å². The number of unbranched alkanes of at least 4 members (excludes halogenated alkanes) is 1. The van der Waals surface area contributed by atoms with Gasteiger partial charge in [0, 0.05) is 26.1 Å². The third kappa shape index (κ3) is 10.8. The molecule has 1 aliphatic rings. The second-order valence-corrected chi connectivity index (χ2v) is 8.05. The highest BCUT2D eigenvalue weighted by Gasteiger charge is 2.22. The molecule has 4 N–H and O–H groups in total. The zero-order valence-electron chi connectivity index (χ0n) is 20.4. The highest BCUT2D eigenvalue weighted by Crippen LogP contribution is 2.28. The van der Waals surface area contributed by atoms with Crippen LogP contribution in [0.3, 0.4) is 0 Å². The smallest absolute Gasteiger partial charge is 0.220 e. The number of piperidine rings is 1. The quantitative estimate of drug-likeness (QED) is 0.145. The Morgan fingerprint density at radius 1 is 1.09 bits per heavy atom. The first-order valence-corrected chi connectivity index (χ1v) is 11.9. The van der Waals surface area contributed by atoms with Crippen LogP contribution in [0.5, 0.6) is 11.5 Å². The number of carbonyl (C=O) groups is 1. The molecule has 0 radical (unpaired) electrons. The molecule has 1 fully saturated rings. The Balaban J connectivity index is 0.00000544. The van der Waals surface area contributed by atoms with E-state index in [2.05, 4.69) is 32.7 Å². The number of hydrogen-bond donors (Lipinski definition) is 3. The molecule has 0 unspecified atom stereocenters. The van der Waals surface area contributed by atoms with E-state index in [4.69, 9.17) is 15.2 Å². The average molecular weight is 576 g/mol. The van der Waals surface area contributed by atoms with Gasteiger partial charge in [-0.15, -0.1) is 24.0 Å². The minimum atomic E-state index is -0.148. The predicted molar refractivity (Wildman–Crippen MR) is 145 cm³/mol. The van der Waals surface area contributed by atoms with Gasteiger partial charge in [0.05, 0.1) is 13.2 Å². The number of benzene rings is 1. The maximum absolute atomic E-state index is 11.3. The second kappa shape index (κ2) is 16.8. The lowest BCUT2D eigenvalue weighted by atomic mass is 9.96. The second-order valence-electron chi connectivity index (χ2n) is 8.05. The Morgan fingerprint density at radius 3 is 2.39 bits per heavy atom. The van der Waals surface area contributed by atoms with Crippen molar-refractivity contribution in [1.29, 1.82) is 0 Å². The van der Waals surface area contributed by atoms with E-state index in [1.807, 2.05) is 19.9 Å². The number of guanidine groups is 1. The van der Waals surface area contributed by atoms with Crippen LogP contribution >= 0.6 is 24.0 Å². The Morgan fingerprint density at radius 2 is 1.76 bits per heavy atom. The molecule has 1 aliphatic heterocycles. The van der Waals surface area contributed by atoms with E-state index in [9.17, 15) is 4.79 Å². The van der Waals surface area contributed by atoms with E-state index < -0.39 is 0 Å². The number of ether oxygens (including phenoxy) is 2. The molecule has 0 atom stereocenters. The van der Waals surface area contributed by atoms with Crippen molar-refractivity contribution in [2.45, 2.75) is 46.0 Å². The van der Waals surface area contributed by atoms with Crippen LogP contribution in [0, 0.1) is 5.92 Å². The third-order valence-corrected chi connectivity index (χ3v) is 5.72. The fraction of sp³-hybridized carbons (Fsp3) is 0.667. The van der Waals surface area contributed by atoms with Gasteiger partial charge in [0.15, 0.2) is 17.5 Å². The van der Waals surface area contributed by atoms with Crippen molar-refractivity contribution < 1.29 is 14.3 Å². The molecule has 1 amide bonds. The minimum Gasteiger partial charge on any atom is -0.490 e. The summed E-state index contributed by atoms with van der Waals surface area (Å²) in [6.45, 7) is 9.87. The van der Waals surface area contributed by atoms with Crippen LogP contribution in [0.1, 0.15) is 45.1 Å². The molecule has 0 bridgehead atoms. The fourth-order valence-electron chi connectivity index (χ4n) is 3.91. The summed E-state index contributed by atoms with van der Waals surface area (Å²) in [5, 5.41) is 6.76. The molecule has 0 aromatic heterocycles. The van der Waals surface area contributed by atoms with Gasteiger partial charge in [0.1, 0.15) is 0 Å². The minimum absolute atomic E-state index is 0. The molecule has 1 aromatic rings. The molecule has 9 heteroatoms. The molecule has 0 saturated carbocycles. The van der Waals surface area contributed by atoms with E-state index in [-0.39, 0.29) is 35.8 Å². The largest absolute Gasteiger partial charge is 0.490 e. The monoisotopic (exact) mass is 575 g/mol. The van der Waals surface area contributed by atoms with Gasteiger partial charge in [-0.3, -0.25) is 9.79 Å². The van der Waals surface area contributed by atoms with Gasteiger partial charge in [-0.05, 0) is 83.3 Å². The number of hydrogen-bond acceptors (Lipinski definition) is 5. The zero-order chi connectivity index (χ0) is 23.2. The number of rotatable bonds is 13. The Labute approximate surface area is 216 Å². The number of aliphatic imine (C=N–C) groups is 1. The Bertz CT molecular complexity index is 724. The van der Waals surface area contributed by atoms with E-state index in [0.29, 0.717) is 13.2 Å². The van der Waals surface area contributed by atoms with Crippen molar-refractivity contribution in [3.63, 3.8) is 0 Å². The first kappa shape index (κ1) is 29.3. The SMILES string of the molecule is CCOc1ccc(CCNC(=NC)NCCCCN2CCC(C(N)=O)CC2)cc1OCC.I. The number of amides is 1. The number of nitrogens with one attached hydrogen (secondary N) is 2. The van der Waals surface area contributed by atoms with Crippen molar-refractivity contribution in [3.05, 3.63) is 23.8 Å². The fourth-order valence-corrected chi connectivity index (χ4v) is 3.91. The lowest BCUT2D eigenvalue weighted by molar-refractivity contribution is -0.123. The third-order valence-electron chi connectivity index (χ3n) is 5.72. The van der Waals surface area contributed by atoms with Gasteiger partial charge in [0.25, 0.3) is 0 Å². The van der Waals surface area contributed by atoms with Gasteiger partial charge >= 0.3 is 0 Å². The van der Waals surface area contributed by atoms with Crippen molar-refractivity contribution >= 4 is 35.8 Å². The molecular weight excluding hydrogens is 533 g/mol. The highest BCUT2D eigenvalue weighted by molar-refractivity contribution is 14.0. The Kier molecular flexibility index (Phi) is 14.9. The van der Waals surface area contributed by atoms with Crippen LogP contribution in [-0.2, 0) is 11.2 Å². The summed E-state index contributed by atoms with van der Waals surface area (Å²) >= 11 is 0. The molecule has 33 heavy (non-hydrogen) atoms. The summed E-state index contributed by atoms with van der Waals surface area (Å²) in [6, 6.07) is 6.11. The molecule has 1 aromatic carbocycles. The molecule has 8 nitrogen and oxygen atoms in total. The molecule has 1 saturated heterocycles. The molecule has 0 spiro atoms. The van der Waals surface area contributed by atoms with Gasteiger partial charge < -0.3 is 30.7 Å². The van der Waals surface area contributed by atoms with Crippen molar-refractivity contribution in [2.75, 3.05) is 53.0 Å². The molecule has 0 aliphatic carbocycles. The number of likely N-dealkylation sites (tertiary alicyclic amines) is 1. The van der Waals surface area contributed by atoms with Gasteiger partial charge in [-0.25, -0.2) is 0 Å². The van der Waals surface area contributed by atoms with Crippen LogP contribution in [0.2, 0.25) is 0 Å². The van der Waals surface area contributed by atoms with E-state index in [1.54, 1.807) is 7.05 Å². The Hall–Kier alpha value is -1.75. The molecule has 1 heterocycles. The van der Waals surface area contributed by atoms with Gasteiger partial charge in [-0.1, -0.05) is 6.07 Å². The van der Waals surface area contributed by atoms with Crippen LogP contribution < -0.4 is 25.8 Å². The summed E-state index contributed by atoms with van der Waals surface area (Å²) in [7, 11) is 1.79. The van der Waals surface area contributed by atoms with E-state index >= 15 is 0 Å².